The third-order valence-electron chi connectivity index (χ3n) is 3.62. The molecule has 108 valence electrons. The molecule has 1 aromatic heterocycles. The largest absolute Gasteiger partial charge is 0.303 e. The van der Waals surface area contributed by atoms with Gasteiger partial charge < -0.3 is 5.32 Å². The summed E-state index contributed by atoms with van der Waals surface area (Å²) in [6, 6.07) is 0. The normalized spacial score (nSPS) is 21.6. The minimum absolute atomic E-state index is 0.207. The van der Waals surface area contributed by atoms with E-state index in [4.69, 9.17) is 0 Å². The van der Waals surface area contributed by atoms with Gasteiger partial charge in [-0.1, -0.05) is 0 Å². The van der Waals surface area contributed by atoms with Crippen LogP contribution in [0.3, 0.4) is 0 Å². The van der Waals surface area contributed by atoms with Crippen molar-refractivity contribution in [1.29, 1.82) is 0 Å². The first-order valence-corrected chi connectivity index (χ1v) is 6.94. The molecule has 2 heterocycles. The quantitative estimate of drug-likeness (QED) is 0.822. The molecular formula is C14H20N4O2. The number of carbonyl (C=O) groups is 2. The van der Waals surface area contributed by atoms with E-state index < -0.39 is 5.54 Å². The van der Waals surface area contributed by atoms with Crippen LogP contribution in [0, 0.1) is 0 Å². The number of carbonyl (C=O) groups excluding carboxylic acids is 2. The first-order chi connectivity index (χ1) is 9.62. The first kappa shape index (κ1) is 14.6. The van der Waals surface area contributed by atoms with Crippen LogP contribution in [-0.4, -0.2) is 33.9 Å². The van der Waals surface area contributed by atoms with Crippen molar-refractivity contribution in [2.45, 2.75) is 44.6 Å². The lowest BCUT2D eigenvalue weighted by Gasteiger charge is -2.27. The summed E-state index contributed by atoms with van der Waals surface area (Å²) in [6.45, 7) is 2.18. The topological polar surface area (TPSA) is 84.0 Å². The van der Waals surface area contributed by atoms with E-state index in [2.05, 4.69) is 20.6 Å². The lowest BCUT2D eigenvalue weighted by Crippen LogP contribution is -2.54. The Hall–Kier alpha value is -1.82. The molecule has 1 fully saturated rings. The molecule has 2 amide bonds. The second-order valence-corrected chi connectivity index (χ2v) is 5.17. The molecule has 6 nitrogen and oxygen atoms in total. The molecule has 0 spiro atoms. The Bertz CT molecular complexity index is 469. The van der Waals surface area contributed by atoms with Crippen LogP contribution in [0.1, 0.15) is 38.3 Å². The maximum Gasteiger partial charge on any atom is 0.246 e. The lowest BCUT2D eigenvalue weighted by molar-refractivity contribution is -0.133. The lowest BCUT2D eigenvalue weighted by atomic mass is 9.89. The number of aromatic nitrogens is 2. The van der Waals surface area contributed by atoms with Crippen LogP contribution in [0.25, 0.3) is 0 Å². The predicted octanol–water partition coefficient (Wildman–Crippen LogP) is 0.584. The summed E-state index contributed by atoms with van der Waals surface area (Å²) >= 11 is 0. The number of nitrogens with zero attached hydrogens (tertiary/aromatic N) is 2. The zero-order valence-corrected chi connectivity index (χ0v) is 11.7. The third-order valence-corrected chi connectivity index (χ3v) is 3.62. The molecule has 2 rings (SSSR count). The summed E-state index contributed by atoms with van der Waals surface area (Å²) in [5.74, 6) is -0.515. The summed E-state index contributed by atoms with van der Waals surface area (Å²) in [6.07, 6.45) is 9.09. The summed E-state index contributed by atoms with van der Waals surface area (Å²) in [7, 11) is 0. The van der Waals surface area contributed by atoms with Gasteiger partial charge in [0.05, 0.1) is 11.2 Å². The van der Waals surface area contributed by atoms with Gasteiger partial charge in [0.1, 0.15) is 0 Å². The molecule has 6 heteroatoms. The van der Waals surface area contributed by atoms with Gasteiger partial charge in [0, 0.05) is 25.5 Å². The van der Waals surface area contributed by atoms with Crippen molar-refractivity contribution in [2.24, 2.45) is 0 Å². The summed E-state index contributed by atoms with van der Waals surface area (Å²) < 4.78 is 0. The minimum Gasteiger partial charge on any atom is -0.303 e. The smallest absolute Gasteiger partial charge is 0.246 e. The van der Waals surface area contributed by atoms with Crippen molar-refractivity contribution in [3.05, 3.63) is 24.3 Å². The maximum atomic E-state index is 12.2. The van der Waals surface area contributed by atoms with Crippen LogP contribution in [-0.2, 0) is 16.0 Å². The Morgan fingerprint density at radius 1 is 1.45 bits per heavy atom. The Morgan fingerprint density at radius 3 is 2.90 bits per heavy atom. The van der Waals surface area contributed by atoms with Crippen molar-refractivity contribution < 1.29 is 9.59 Å². The molecule has 1 atom stereocenters. The van der Waals surface area contributed by atoms with Crippen molar-refractivity contribution in [1.82, 2.24) is 20.6 Å². The highest BCUT2D eigenvalue weighted by atomic mass is 16.2. The molecule has 1 saturated heterocycles. The predicted molar refractivity (Wildman–Crippen MR) is 73.8 cm³/mol. The van der Waals surface area contributed by atoms with Crippen molar-refractivity contribution >= 4 is 11.8 Å². The molecular weight excluding hydrogens is 256 g/mol. The van der Waals surface area contributed by atoms with Gasteiger partial charge in [-0.05, 0) is 38.6 Å². The van der Waals surface area contributed by atoms with Gasteiger partial charge in [-0.15, -0.1) is 0 Å². The zero-order valence-electron chi connectivity index (χ0n) is 11.7. The summed E-state index contributed by atoms with van der Waals surface area (Å²) in [4.78, 5) is 31.5. The fourth-order valence-corrected chi connectivity index (χ4v) is 2.64. The fraction of sp³-hybridized carbons (Fsp3) is 0.571. The van der Waals surface area contributed by atoms with Gasteiger partial charge >= 0.3 is 0 Å². The number of hydrogen-bond donors (Lipinski definition) is 2. The van der Waals surface area contributed by atoms with Gasteiger partial charge in [-0.3, -0.25) is 24.9 Å². The van der Waals surface area contributed by atoms with Gasteiger partial charge in [-0.25, -0.2) is 0 Å². The fourth-order valence-electron chi connectivity index (χ4n) is 2.64. The molecule has 0 saturated carbocycles. The van der Waals surface area contributed by atoms with Crippen molar-refractivity contribution in [3.63, 3.8) is 0 Å². The molecule has 0 bridgehead atoms. The average molecular weight is 276 g/mol. The zero-order chi connectivity index (χ0) is 14.4. The van der Waals surface area contributed by atoms with Gasteiger partial charge in [0.15, 0.2) is 0 Å². The Balaban J connectivity index is 1.92. The molecule has 1 aliphatic heterocycles. The first-order valence-electron chi connectivity index (χ1n) is 6.94. The van der Waals surface area contributed by atoms with E-state index in [9.17, 15) is 9.59 Å². The molecule has 2 N–H and O–H groups in total. The molecule has 0 radical (unpaired) electrons. The van der Waals surface area contributed by atoms with Crippen LogP contribution < -0.4 is 10.6 Å². The Morgan fingerprint density at radius 2 is 2.30 bits per heavy atom. The molecule has 1 aliphatic rings. The minimum atomic E-state index is -0.603. The molecule has 20 heavy (non-hydrogen) atoms. The third kappa shape index (κ3) is 3.60. The number of amides is 2. The summed E-state index contributed by atoms with van der Waals surface area (Å²) in [5.41, 5.74) is 0.320. The van der Waals surface area contributed by atoms with Crippen LogP contribution in [0.2, 0.25) is 0 Å². The van der Waals surface area contributed by atoms with E-state index in [-0.39, 0.29) is 11.8 Å². The van der Waals surface area contributed by atoms with E-state index in [1.54, 1.807) is 18.6 Å². The highest BCUT2D eigenvalue weighted by Gasteiger charge is 2.40. The second kappa shape index (κ2) is 6.56. The van der Waals surface area contributed by atoms with E-state index in [0.717, 1.165) is 37.9 Å². The number of aryl methyl sites for hydroxylation is 1. The molecule has 1 aromatic rings. The van der Waals surface area contributed by atoms with Crippen molar-refractivity contribution in [3.8, 4) is 0 Å². The van der Waals surface area contributed by atoms with Crippen molar-refractivity contribution in [2.75, 3.05) is 6.54 Å². The maximum absolute atomic E-state index is 12.2. The van der Waals surface area contributed by atoms with Gasteiger partial charge in [-0.2, -0.15) is 0 Å². The molecule has 0 aliphatic carbocycles. The SMILES string of the molecule is CC(=O)NC(=O)[C@@]1(CCCc2cnccn2)CCCN1. The van der Waals surface area contributed by atoms with E-state index in [0.29, 0.717) is 6.42 Å². The monoisotopic (exact) mass is 276 g/mol. The highest BCUT2D eigenvalue weighted by molar-refractivity contribution is 5.99. The van der Waals surface area contributed by atoms with Gasteiger partial charge in [0.2, 0.25) is 11.8 Å². The number of imide groups is 1. The number of hydrogen-bond acceptors (Lipinski definition) is 5. The Kier molecular flexibility index (Phi) is 4.79. The van der Waals surface area contributed by atoms with E-state index in [1.165, 1.54) is 6.92 Å². The summed E-state index contributed by atoms with van der Waals surface area (Å²) in [5, 5.41) is 5.67. The van der Waals surface area contributed by atoms with Crippen LogP contribution in [0.4, 0.5) is 0 Å². The van der Waals surface area contributed by atoms with Crippen LogP contribution in [0.5, 0.6) is 0 Å². The van der Waals surface area contributed by atoms with Gasteiger partial charge in [0.25, 0.3) is 0 Å². The van der Waals surface area contributed by atoms with E-state index >= 15 is 0 Å². The number of rotatable bonds is 5. The average Bonchev–Trinajstić information content (AvgIpc) is 2.89. The standard InChI is InChI=1S/C14H20N4O2/c1-11(19)18-13(20)14(6-3-7-17-14)5-2-4-12-10-15-8-9-16-12/h8-10,17H,2-7H2,1H3,(H,18,19,20)/t14-/m1/s1. The molecule has 0 unspecified atom stereocenters. The van der Waals surface area contributed by atoms with Crippen LogP contribution >= 0.6 is 0 Å². The highest BCUT2D eigenvalue weighted by Crippen LogP contribution is 2.25. The molecule has 0 aromatic carbocycles. The Labute approximate surface area is 118 Å². The number of nitrogens with one attached hydrogen (secondary N) is 2. The van der Waals surface area contributed by atoms with Crippen LogP contribution in [0.15, 0.2) is 18.6 Å². The second-order valence-electron chi connectivity index (χ2n) is 5.17. The van der Waals surface area contributed by atoms with E-state index in [1.807, 2.05) is 0 Å².